The lowest BCUT2D eigenvalue weighted by Gasteiger charge is -2.36. The molecule has 0 aliphatic carbocycles. The van der Waals surface area contributed by atoms with Gasteiger partial charge in [0.15, 0.2) is 0 Å². The van der Waals surface area contributed by atoms with Crippen molar-refractivity contribution in [2.45, 2.75) is 19.3 Å². The summed E-state index contributed by atoms with van der Waals surface area (Å²) in [7, 11) is 5.22. The van der Waals surface area contributed by atoms with Crippen LogP contribution in [0.4, 0.5) is 0 Å². The second kappa shape index (κ2) is 2.25. The average Bonchev–Trinajstić information content (AvgIpc) is 1.64. The van der Waals surface area contributed by atoms with E-state index >= 15 is 0 Å². The van der Waals surface area contributed by atoms with Crippen LogP contribution in [0.15, 0.2) is 0 Å². The molecule has 3 nitrogen and oxygen atoms in total. The smallest absolute Gasteiger partial charge is 0.313 e. The molecule has 0 saturated heterocycles. The van der Waals surface area contributed by atoms with E-state index in [1.165, 1.54) is 0 Å². The third-order valence-electron chi connectivity index (χ3n) is 1.55. The van der Waals surface area contributed by atoms with Gasteiger partial charge in [0.1, 0.15) is 0 Å². The van der Waals surface area contributed by atoms with Gasteiger partial charge in [0.05, 0.1) is 27.6 Å². The Balaban J connectivity index is 4.14. The molecule has 0 fully saturated rings. The second-order valence-electron chi connectivity index (χ2n) is 3.14. The number of nitrogens with zero attached hydrogens (tertiary/aromatic N) is 1. The second-order valence-corrected chi connectivity index (χ2v) is 3.14. The van der Waals surface area contributed by atoms with Crippen molar-refractivity contribution in [3.8, 4) is 0 Å². The first-order valence-electron chi connectivity index (χ1n) is 3.07. The van der Waals surface area contributed by atoms with Crippen LogP contribution in [0.2, 0.25) is 0 Å². The van der Waals surface area contributed by atoms with Crippen LogP contribution in [0.3, 0.4) is 0 Å². The molecule has 2 N–H and O–H groups in total. The molecule has 0 aromatic rings. The maximum absolute atomic E-state index is 9.19. The summed E-state index contributed by atoms with van der Waals surface area (Å²) in [5.74, 6) is -1.58. The minimum Gasteiger partial charge on any atom is -0.319 e. The molecule has 0 unspecified atom stereocenters. The van der Waals surface area contributed by atoms with Gasteiger partial charge in [0, 0.05) is 0 Å². The Morgan fingerprint density at radius 2 is 1.56 bits per heavy atom. The molecule has 0 atom stereocenters. The molecule has 3 heteroatoms. The molecule has 0 bridgehead atoms. The van der Waals surface area contributed by atoms with Crippen molar-refractivity contribution in [3.63, 3.8) is 0 Å². The molecular weight excluding hydrogens is 118 g/mol. The van der Waals surface area contributed by atoms with E-state index in [1.807, 2.05) is 0 Å². The van der Waals surface area contributed by atoms with Gasteiger partial charge in [-0.15, -0.1) is 0 Å². The van der Waals surface area contributed by atoms with Crippen LogP contribution in [0.1, 0.15) is 13.3 Å². The van der Waals surface area contributed by atoms with Gasteiger partial charge in [-0.3, -0.25) is 4.48 Å². The van der Waals surface area contributed by atoms with Gasteiger partial charge >= 0.3 is 5.91 Å². The van der Waals surface area contributed by atoms with Crippen molar-refractivity contribution in [1.82, 2.24) is 0 Å². The predicted octanol–water partition coefficient (Wildman–Crippen LogP) is -0.259. The minimum absolute atomic E-state index is 0.156. The molecule has 0 radical (unpaired) electrons. The first-order chi connectivity index (χ1) is 3.81. The summed E-state index contributed by atoms with van der Waals surface area (Å²) in [4.78, 5) is 0. The molecule has 0 heterocycles. The maximum Gasteiger partial charge on any atom is 0.313 e. The van der Waals surface area contributed by atoms with Crippen molar-refractivity contribution in [2.75, 3.05) is 21.1 Å². The van der Waals surface area contributed by atoms with Crippen molar-refractivity contribution >= 4 is 0 Å². The molecule has 0 aromatic heterocycles. The Kier molecular flexibility index (Phi) is 2.22. The van der Waals surface area contributed by atoms with Gasteiger partial charge in [0.2, 0.25) is 0 Å². The van der Waals surface area contributed by atoms with Crippen LogP contribution in [-0.4, -0.2) is 41.8 Å². The highest BCUT2D eigenvalue weighted by atomic mass is 16.5. The Labute approximate surface area is 56.1 Å². The van der Waals surface area contributed by atoms with Crippen molar-refractivity contribution < 1.29 is 14.7 Å². The summed E-state index contributed by atoms with van der Waals surface area (Å²) in [6.45, 7) is 1.74. The third kappa shape index (κ3) is 1.93. The van der Waals surface area contributed by atoms with Gasteiger partial charge in [-0.2, -0.15) is 0 Å². The molecule has 0 aliphatic rings. The number of hydrogen-bond acceptors (Lipinski definition) is 2. The molecule has 0 amide bonds. The molecule has 0 saturated carbocycles. The highest BCUT2D eigenvalue weighted by Gasteiger charge is 2.36. The zero-order chi connectivity index (χ0) is 7.71. The first-order valence-corrected chi connectivity index (χ1v) is 3.07. The molecule has 0 spiro atoms. The first kappa shape index (κ1) is 8.88. The van der Waals surface area contributed by atoms with E-state index in [1.54, 1.807) is 28.1 Å². The van der Waals surface area contributed by atoms with Crippen molar-refractivity contribution in [1.29, 1.82) is 0 Å². The lowest BCUT2D eigenvalue weighted by atomic mass is 10.3. The monoisotopic (exact) mass is 134 g/mol. The van der Waals surface area contributed by atoms with E-state index in [9.17, 15) is 10.2 Å². The van der Waals surface area contributed by atoms with E-state index in [2.05, 4.69) is 0 Å². The standard InChI is InChI=1S/C6H16NO2/c1-5-6(8,9)7(2,3)4/h8-9H,5H2,1-4H3/q+1. The van der Waals surface area contributed by atoms with Gasteiger partial charge < -0.3 is 10.2 Å². The SMILES string of the molecule is CCC(O)(O)[N+](C)(C)C. The van der Waals surface area contributed by atoms with Gasteiger partial charge in [-0.1, -0.05) is 6.92 Å². The lowest BCUT2D eigenvalue weighted by molar-refractivity contribution is -0.979. The van der Waals surface area contributed by atoms with Crippen LogP contribution in [0.5, 0.6) is 0 Å². The largest absolute Gasteiger partial charge is 0.319 e. The van der Waals surface area contributed by atoms with Crippen LogP contribution in [0, 0.1) is 0 Å². The molecule has 0 aliphatic heterocycles. The van der Waals surface area contributed by atoms with Crippen LogP contribution >= 0.6 is 0 Å². The summed E-state index contributed by atoms with van der Waals surface area (Å²) >= 11 is 0. The Bertz CT molecular complexity index is 93.7. The van der Waals surface area contributed by atoms with Crippen molar-refractivity contribution in [2.24, 2.45) is 0 Å². The molecule has 9 heavy (non-hydrogen) atoms. The highest BCUT2D eigenvalue weighted by molar-refractivity contribution is 4.43. The van der Waals surface area contributed by atoms with Gasteiger partial charge in [-0.05, 0) is 0 Å². The zero-order valence-corrected chi connectivity index (χ0v) is 6.55. The molecule has 56 valence electrons. The Morgan fingerprint density at radius 1 is 1.22 bits per heavy atom. The number of rotatable bonds is 2. The summed E-state index contributed by atoms with van der Waals surface area (Å²) < 4.78 is 0.156. The summed E-state index contributed by atoms with van der Waals surface area (Å²) in [6.07, 6.45) is 0.344. The Morgan fingerprint density at radius 3 is 1.56 bits per heavy atom. The summed E-state index contributed by atoms with van der Waals surface area (Å²) in [6, 6.07) is 0. The van der Waals surface area contributed by atoms with Crippen LogP contribution < -0.4 is 0 Å². The van der Waals surface area contributed by atoms with E-state index in [0.29, 0.717) is 6.42 Å². The topological polar surface area (TPSA) is 40.5 Å². The fraction of sp³-hybridized carbons (Fsp3) is 1.00. The van der Waals surface area contributed by atoms with Crippen LogP contribution in [-0.2, 0) is 0 Å². The zero-order valence-electron chi connectivity index (χ0n) is 6.55. The van der Waals surface area contributed by atoms with Crippen LogP contribution in [0.25, 0.3) is 0 Å². The van der Waals surface area contributed by atoms with E-state index in [0.717, 1.165) is 0 Å². The third-order valence-corrected chi connectivity index (χ3v) is 1.55. The Hall–Kier alpha value is -0.120. The predicted molar refractivity (Wildman–Crippen MR) is 35.5 cm³/mol. The average molecular weight is 134 g/mol. The molecular formula is C6H16NO2+. The van der Waals surface area contributed by atoms with E-state index < -0.39 is 5.91 Å². The normalized spacial score (nSPS) is 14.0. The summed E-state index contributed by atoms with van der Waals surface area (Å²) in [5, 5.41) is 18.4. The lowest BCUT2D eigenvalue weighted by Crippen LogP contribution is -2.56. The van der Waals surface area contributed by atoms with E-state index in [-0.39, 0.29) is 4.48 Å². The van der Waals surface area contributed by atoms with E-state index in [4.69, 9.17) is 0 Å². The fourth-order valence-corrected chi connectivity index (χ4v) is 0.474. The number of hydrogen-bond donors (Lipinski definition) is 2. The fourth-order valence-electron chi connectivity index (χ4n) is 0.474. The van der Waals surface area contributed by atoms with Gasteiger partial charge in [-0.25, -0.2) is 0 Å². The highest BCUT2D eigenvalue weighted by Crippen LogP contribution is 2.14. The number of quaternary nitrogens is 1. The van der Waals surface area contributed by atoms with Crippen molar-refractivity contribution in [3.05, 3.63) is 0 Å². The minimum atomic E-state index is -1.58. The number of aliphatic hydroxyl groups is 2. The molecule has 0 aromatic carbocycles. The molecule has 0 rings (SSSR count). The summed E-state index contributed by atoms with van der Waals surface area (Å²) in [5.41, 5.74) is 0. The van der Waals surface area contributed by atoms with Gasteiger partial charge in [0.25, 0.3) is 0 Å². The quantitative estimate of drug-likeness (QED) is 0.403. The maximum atomic E-state index is 9.19.